The van der Waals surface area contributed by atoms with E-state index in [1.165, 1.54) is 12.8 Å². The van der Waals surface area contributed by atoms with Gasteiger partial charge < -0.3 is 19.4 Å². The number of likely N-dealkylation sites (tertiary alicyclic amines) is 2. The summed E-state index contributed by atoms with van der Waals surface area (Å²) in [5.74, 6) is 0.974. The highest BCUT2D eigenvalue weighted by Gasteiger charge is 2.48. The molecular weight excluding hydrogens is 306 g/mol. The lowest BCUT2D eigenvalue weighted by molar-refractivity contribution is -0.143. The largest absolute Gasteiger partial charge is 0.381 e. The number of piperidine rings is 1. The van der Waals surface area contributed by atoms with E-state index >= 15 is 0 Å². The van der Waals surface area contributed by atoms with E-state index in [0.29, 0.717) is 0 Å². The molecule has 3 aliphatic rings. The van der Waals surface area contributed by atoms with Crippen LogP contribution in [0.3, 0.4) is 0 Å². The van der Waals surface area contributed by atoms with Gasteiger partial charge in [0.1, 0.15) is 0 Å². The highest BCUT2D eigenvalue weighted by Crippen LogP contribution is 2.41. The summed E-state index contributed by atoms with van der Waals surface area (Å²) in [5, 5.41) is 0. The topological polar surface area (TPSA) is 53.1 Å². The number of rotatable bonds is 4. The van der Waals surface area contributed by atoms with Gasteiger partial charge in [0.25, 0.3) is 0 Å². The van der Waals surface area contributed by atoms with E-state index < -0.39 is 0 Å². The molecule has 0 N–H and O–H groups in total. The van der Waals surface area contributed by atoms with Crippen LogP contribution in [0.25, 0.3) is 0 Å². The van der Waals surface area contributed by atoms with E-state index in [0.717, 1.165) is 64.6 Å². The van der Waals surface area contributed by atoms with Crippen molar-refractivity contribution in [3.63, 3.8) is 0 Å². The third kappa shape index (κ3) is 3.75. The van der Waals surface area contributed by atoms with Gasteiger partial charge in [-0.25, -0.2) is 0 Å². The summed E-state index contributed by atoms with van der Waals surface area (Å²) in [6.45, 7) is 5.94. The number of likely N-dealkylation sites (N-methyl/N-ethyl adjacent to an activating group) is 1. The molecule has 0 aromatic heterocycles. The van der Waals surface area contributed by atoms with Crippen molar-refractivity contribution in [2.24, 2.45) is 11.3 Å². The van der Waals surface area contributed by atoms with E-state index in [2.05, 4.69) is 4.90 Å². The van der Waals surface area contributed by atoms with Crippen molar-refractivity contribution in [2.45, 2.75) is 32.1 Å². The van der Waals surface area contributed by atoms with Crippen LogP contribution in [0.4, 0.5) is 0 Å². The second-order valence-electron chi connectivity index (χ2n) is 7.90. The van der Waals surface area contributed by atoms with E-state index in [1.807, 2.05) is 0 Å². The molecule has 0 unspecified atom stereocenters. The molecule has 6 nitrogen and oxygen atoms in total. The summed E-state index contributed by atoms with van der Waals surface area (Å²) in [6.07, 6.45) is 5.14. The molecule has 3 heterocycles. The van der Waals surface area contributed by atoms with Crippen LogP contribution in [0.5, 0.6) is 0 Å². The molecule has 136 valence electrons. The average molecular weight is 337 g/mol. The average Bonchev–Trinajstić information content (AvgIpc) is 2.87. The molecule has 0 bridgehead atoms. The zero-order chi connectivity index (χ0) is 17.2. The van der Waals surface area contributed by atoms with Gasteiger partial charge >= 0.3 is 0 Å². The quantitative estimate of drug-likeness (QED) is 0.762. The van der Waals surface area contributed by atoms with Crippen molar-refractivity contribution < 1.29 is 14.3 Å². The lowest BCUT2D eigenvalue weighted by atomic mass is 9.77. The first-order chi connectivity index (χ1) is 11.5. The fourth-order valence-corrected chi connectivity index (χ4v) is 4.27. The van der Waals surface area contributed by atoms with E-state index in [1.54, 1.807) is 23.9 Å². The van der Waals surface area contributed by atoms with Crippen LogP contribution in [0.1, 0.15) is 32.1 Å². The lowest BCUT2D eigenvalue weighted by Gasteiger charge is -2.39. The molecule has 6 heteroatoms. The van der Waals surface area contributed by atoms with Gasteiger partial charge in [-0.3, -0.25) is 9.59 Å². The molecule has 0 aromatic rings. The SMILES string of the molecule is CN(C)C(=O)CN1CCC2(CCN(CC3CCOCC3)CC2)C1=O. The first kappa shape index (κ1) is 17.7. The molecule has 0 aromatic carbocycles. The lowest BCUT2D eigenvalue weighted by Crippen LogP contribution is -2.47. The molecule has 0 saturated carbocycles. The Morgan fingerprint density at radius 3 is 2.42 bits per heavy atom. The summed E-state index contributed by atoms with van der Waals surface area (Å²) < 4.78 is 5.44. The van der Waals surface area contributed by atoms with E-state index in [4.69, 9.17) is 4.74 Å². The Hall–Kier alpha value is -1.14. The van der Waals surface area contributed by atoms with E-state index in [9.17, 15) is 9.59 Å². The molecule has 3 rings (SSSR count). The second kappa shape index (κ2) is 7.40. The minimum absolute atomic E-state index is 0.0114. The van der Waals surface area contributed by atoms with Crippen molar-refractivity contribution in [3.8, 4) is 0 Å². The standard InChI is InChI=1S/C18H31N3O3/c1-19(2)16(22)14-21-10-7-18(17(21)23)5-8-20(9-6-18)13-15-3-11-24-12-4-15/h15H,3-14H2,1-2H3. The number of carbonyl (C=O) groups is 2. The third-order valence-corrected chi connectivity index (χ3v) is 6.10. The van der Waals surface area contributed by atoms with Gasteiger partial charge in [0.2, 0.25) is 11.8 Å². The van der Waals surface area contributed by atoms with Crippen molar-refractivity contribution >= 4 is 11.8 Å². The van der Waals surface area contributed by atoms with Gasteiger partial charge in [0.15, 0.2) is 0 Å². The summed E-state index contributed by atoms with van der Waals surface area (Å²) in [4.78, 5) is 30.6. The second-order valence-corrected chi connectivity index (χ2v) is 7.90. The van der Waals surface area contributed by atoms with Crippen LogP contribution in [0.15, 0.2) is 0 Å². The predicted octanol–water partition coefficient (Wildman–Crippen LogP) is 0.816. The number of hydrogen-bond donors (Lipinski definition) is 0. The molecule has 0 atom stereocenters. The van der Waals surface area contributed by atoms with Gasteiger partial charge in [-0.1, -0.05) is 0 Å². The Kier molecular flexibility index (Phi) is 5.45. The maximum Gasteiger partial charge on any atom is 0.241 e. The maximum atomic E-state index is 12.9. The zero-order valence-electron chi connectivity index (χ0n) is 15.1. The summed E-state index contributed by atoms with van der Waals surface area (Å²) >= 11 is 0. The van der Waals surface area contributed by atoms with Gasteiger partial charge in [-0.15, -0.1) is 0 Å². The molecule has 24 heavy (non-hydrogen) atoms. The molecule has 0 radical (unpaired) electrons. The van der Waals surface area contributed by atoms with Gasteiger partial charge in [-0.05, 0) is 51.1 Å². The van der Waals surface area contributed by atoms with E-state index in [-0.39, 0.29) is 23.8 Å². The summed E-state index contributed by atoms with van der Waals surface area (Å²) in [6, 6.07) is 0. The number of hydrogen-bond acceptors (Lipinski definition) is 4. The number of amides is 2. The molecule has 3 aliphatic heterocycles. The molecule has 3 fully saturated rings. The Labute approximate surface area is 145 Å². The van der Waals surface area contributed by atoms with Gasteiger partial charge in [-0.2, -0.15) is 0 Å². The monoisotopic (exact) mass is 337 g/mol. The fraction of sp³-hybridized carbons (Fsp3) is 0.889. The Morgan fingerprint density at radius 1 is 1.17 bits per heavy atom. The van der Waals surface area contributed by atoms with Gasteiger partial charge in [0, 0.05) is 40.4 Å². The first-order valence-electron chi connectivity index (χ1n) is 9.30. The molecule has 2 amide bonds. The Balaban J connectivity index is 1.50. The van der Waals surface area contributed by atoms with Crippen molar-refractivity contribution in [2.75, 3.05) is 60.0 Å². The van der Waals surface area contributed by atoms with Gasteiger partial charge in [0.05, 0.1) is 12.0 Å². The Morgan fingerprint density at radius 2 is 1.79 bits per heavy atom. The minimum atomic E-state index is -0.196. The molecule has 1 spiro atoms. The zero-order valence-corrected chi connectivity index (χ0v) is 15.1. The minimum Gasteiger partial charge on any atom is -0.381 e. The molecular formula is C18H31N3O3. The number of nitrogens with zero attached hydrogens (tertiary/aromatic N) is 3. The highest BCUT2D eigenvalue weighted by molar-refractivity contribution is 5.89. The van der Waals surface area contributed by atoms with Crippen LogP contribution in [-0.2, 0) is 14.3 Å². The number of carbonyl (C=O) groups excluding carboxylic acids is 2. The fourth-order valence-electron chi connectivity index (χ4n) is 4.27. The first-order valence-corrected chi connectivity index (χ1v) is 9.30. The number of ether oxygens (including phenoxy) is 1. The van der Waals surface area contributed by atoms with Crippen LogP contribution in [0, 0.1) is 11.3 Å². The highest BCUT2D eigenvalue weighted by atomic mass is 16.5. The molecule has 0 aliphatic carbocycles. The summed E-state index contributed by atoms with van der Waals surface area (Å²) in [7, 11) is 3.49. The predicted molar refractivity (Wildman–Crippen MR) is 91.5 cm³/mol. The van der Waals surface area contributed by atoms with Crippen molar-refractivity contribution in [1.82, 2.24) is 14.7 Å². The summed E-state index contributed by atoms with van der Waals surface area (Å²) in [5.41, 5.74) is -0.196. The smallest absolute Gasteiger partial charge is 0.241 e. The van der Waals surface area contributed by atoms with Crippen molar-refractivity contribution in [1.29, 1.82) is 0 Å². The third-order valence-electron chi connectivity index (χ3n) is 6.10. The maximum absolute atomic E-state index is 12.9. The van der Waals surface area contributed by atoms with Crippen LogP contribution >= 0.6 is 0 Å². The van der Waals surface area contributed by atoms with Crippen LogP contribution < -0.4 is 0 Å². The van der Waals surface area contributed by atoms with Crippen LogP contribution in [0.2, 0.25) is 0 Å². The Bertz CT molecular complexity index is 466. The normalized spacial score (nSPS) is 25.4. The molecule has 3 saturated heterocycles. The van der Waals surface area contributed by atoms with Crippen molar-refractivity contribution in [3.05, 3.63) is 0 Å². The van der Waals surface area contributed by atoms with Crippen LogP contribution in [-0.4, -0.2) is 86.5 Å².